The third kappa shape index (κ3) is 38.3. The van der Waals surface area contributed by atoms with E-state index >= 15 is 0 Å². The zero-order valence-electron chi connectivity index (χ0n) is 18.3. The Morgan fingerprint density at radius 3 is 1.33 bits per heavy atom. The molecule has 0 radical (unpaired) electrons. The summed E-state index contributed by atoms with van der Waals surface area (Å²) in [5.74, 6) is 0. The van der Waals surface area contributed by atoms with Gasteiger partial charge in [-0.1, -0.05) is 104 Å². The SMILES string of the molecule is CCCCCCCCCCCCCCCCOOP(=O)(O)O.[CH2-]CCC.[Na+]. The summed E-state index contributed by atoms with van der Waals surface area (Å²) in [5.41, 5.74) is 0. The maximum absolute atomic E-state index is 10.3. The molecule has 0 aromatic carbocycles. The van der Waals surface area contributed by atoms with Gasteiger partial charge in [0.2, 0.25) is 0 Å². The van der Waals surface area contributed by atoms with Crippen molar-refractivity contribution in [1.29, 1.82) is 0 Å². The summed E-state index contributed by atoms with van der Waals surface area (Å²) in [4.78, 5) is 21.2. The number of phosphoric acid groups is 1. The van der Waals surface area contributed by atoms with Crippen molar-refractivity contribution in [1.82, 2.24) is 0 Å². The molecule has 0 amide bonds. The van der Waals surface area contributed by atoms with Crippen molar-refractivity contribution in [2.75, 3.05) is 6.61 Å². The molecule has 0 rings (SSSR count). The van der Waals surface area contributed by atoms with E-state index in [1.807, 2.05) is 0 Å². The molecule has 0 bridgehead atoms. The van der Waals surface area contributed by atoms with Crippen molar-refractivity contribution < 1.29 is 53.5 Å². The smallest absolute Gasteiger partial charge is 0.343 e. The largest absolute Gasteiger partial charge is 1.00 e. The van der Waals surface area contributed by atoms with E-state index in [9.17, 15) is 4.57 Å². The van der Waals surface area contributed by atoms with Crippen LogP contribution in [0.25, 0.3) is 0 Å². The quantitative estimate of drug-likeness (QED) is 0.0874. The second-order valence-corrected chi connectivity index (χ2v) is 7.97. The van der Waals surface area contributed by atoms with Gasteiger partial charge in [0, 0.05) is 0 Å². The van der Waals surface area contributed by atoms with E-state index in [1.165, 1.54) is 77.0 Å². The van der Waals surface area contributed by atoms with Crippen molar-refractivity contribution in [2.45, 2.75) is 117 Å². The Kier molecular flexibility index (Phi) is 32.8. The Morgan fingerprint density at radius 2 is 1.04 bits per heavy atom. The van der Waals surface area contributed by atoms with E-state index in [4.69, 9.17) is 9.79 Å². The minimum absolute atomic E-state index is 0. The van der Waals surface area contributed by atoms with Crippen molar-refractivity contribution in [3.63, 3.8) is 0 Å². The van der Waals surface area contributed by atoms with Crippen molar-refractivity contribution in [3.05, 3.63) is 6.92 Å². The Hall–Kier alpha value is 1.07. The normalized spacial score (nSPS) is 10.9. The van der Waals surface area contributed by atoms with E-state index < -0.39 is 7.82 Å². The van der Waals surface area contributed by atoms with Gasteiger partial charge in [0.05, 0.1) is 6.61 Å². The number of hydrogen-bond acceptors (Lipinski definition) is 3. The molecule has 0 spiro atoms. The summed E-state index contributed by atoms with van der Waals surface area (Å²) in [5, 5.41) is 0. The predicted molar refractivity (Wildman–Crippen MR) is 110 cm³/mol. The summed E-state index contributed by atoms with van der Waals surface area (Å²) in [6.45, 7) is 8.21. The average molecular weight is 419 g/mol. The van der Waals surface area contributed by atoms with Gasteiger partial charge < -0.3 is 16.7 Å². The molecule has 0 aromatic heterocycles. The number of hydrogen-bond donors (Lipinski definition) is 2. The summed E-state index contributed by atoms with van der Waals surface area (Å²) < 4.78 is 14.2. The first-order chi connectivity index (χ1) is 12.5. The van der Waals surface area contributed by atoms with Gasteiger partial charge in [0.1, 0.15) is 0 Å². The first-order valence-electron chi connectivity index (χ1n) is 10.6. The van der Waals surface area contributed by atoms with Gasteiger partial charge in [0.15, 0.2) is 0 Å². The summed E-state index contributed by atoms with van der Waals surface area (Å²) >= 11 is 0. The van der Waals surface area contributed by atoms with Crippen LogP contribution in [0.3, 0.4) is 0 Å². The van der Waals surface area contributed by atoms with Crippen molar-refractivity contribution in [2.24, 2.45) is 0 Å². The third-order valence-electron chi connectivity index (χ3n) is 4.08. The molecule has 0 aliphatic heterocycles. The zero-order valence-corrected chi connectivity index (χ0v) is 21.2. The molecule has 0 saturated heterocycles. The molecule has 0 atom stereocenters. The topological polar surface area (TPSA) is 76.0 Å². The number of rotatable bonds is 18. The summed E-state index contributed by atoms with van der Waals surface area (Å²) in [6.07, 6.45) is 20.1. The van der Waals surface area contributed by atoms with Crippen LogP contribution in [0.4, 0.5) is 0 Å². The van der Waals surface area contributed by atoms with E-state index in [1.54, 1.807) is 0 Å². The van der Waals surface area contributed by atoms with Crippen molar-refractivity contribution in [3.8, 4) is 0 Å². The standard InChI is InChI=1S/C16H35O5P.C4H9.Na/c1-2-3-4-5-6-7-8-9-10-11-12-13-14-15-16-20-21-22(17,18)19;1-3-4-2;/h2-16H2,1H3,(H2,17,18,19);1,3-4H2,2H3;/q;-1;+1. The first-order valence-corrected chi connectivity index (χ1v) is 12.2. The number of unbranched alkanes of at least 4 members (excludes halogenated alkanes) is 14. The van der Waals surface area contributed by atoms with Gasteiger partial charge in [-0.25, -0.2) is 9.45 Å². The van der Waals surface area contributed by atoms with E-state index in [0.717, 1.165) is 25.7 Å². The minimum Gasteiger partial charge on any atom is -0.343 e. The molecule has 0 unspecified atom stereocenters. The predicted octanol–water partition coefficient (Wildman–Crippen LogP) is 4.13. The maximum Gasteiger partial charge on any atom is 1.00 e. The van der Waals surface area contributed by atoms with Gasteiger partial charge >= 0.3 is 37.4 Å². The summed E-state index contributed by atoms with van der Waals surface area (Å²) in [6, 6.07) is 0. The molecule has 7 heteroatoms. The molecule has 160 valence electrons. The van der Waals surface area contributed by atoms with Gasteiger partial charge in [-0.2, -0.15) is 6.42 Å². The minimum atomic E-state index is -4.48. The second kappa shape index (κ2) is 27.1. The average Bonchev–Trinajstić information content (AvgIpc) is 2.60. The Balaban J connectivity index is -0.00000104. The summed E-state index contributed by atoms with van der Waals surface area (Å²) in [7, 11) is -4.48. The maximum atomic E-state index is 10.3. The molecular formula is C20H44NaO5P. The van der Waals surface area contributed by atoms with Gasteiger partial charge in [-0.3, -0.25) is 0 Å². The molecule has 0 heterocycles. The van der Waals surface area contributed by atoms with Crippen LogP contribution in [0.2, 0.25) is 0 Å². The van der Waals surface area contributed by atoms with E-state index in [0.29, 0.717) is 0 Å². The van der Waals surface area contributed by atoms with E-state index in [2.05, 4.69) is 30.3 Å². The fourth-order valence-electron chi connectivity index (χ4n) is 2.46. The van der Waals surface area contributed by atoms with Crippen molar-refractivity contribution >= 4 is 7.82 Å². The van der Waals surface area contributed by atoms with Gasteiger partial charge in [-0.15, -0.1) is 4.67 Å². The molecule has 2 N–H and O–H groups in total. The molecule has 0 aliphatic carbocycles. The molecule has 0 saturated carbocycles. The van der Waals surface area contributed by atoms with Crippen LogP contribution in [0.15, 0.2) is 0 Å². The van der Waals surface area contributed by atoms with Crippen LogP contribution in [-0.4, -0.2) is 16.4 Å². The fourth-order valence-corrected chi connectivity index (χ4v) is 2.67. The van der Waals surface area contributed by atoms with Crippen LogP contribution in [0.5, 0.6) is 0 Å². The van der Waals surface area contributed by atoms with Gasteiger partial charge in [-0.05, 0) is 6.42 Å². The molecular weight excluding hydrogens is 374 g/mol. The Morgan fingerprint density at radius 1 is 0.704 bits per heavy atom. The van der Waals surface area contributed by atoms with Crippen LogP contribution in [0, 0.1) is 6.92 Å². The third-order valence-corrected chi connectivity index (χ3v) is 4.38. The molecule has 27 heavy (non-hydrogen) atoms. The fraction of sp³-hybridized carbons (Fsp3) is 0.950. The second-order valence-electron chi connectivity index (χ2n) is 6.84. The van der Waals surface area contributed by atoms with Crippen LogP contribution < -0.4 is 29.6 Å². The first kappa shape index (κ1) is 32.7. The molecule has 0 aromatic rings. The molecule has 5 nitrogen and oxygen atoms in total. The van der Waals surface area contributed by atoms with Crippen LogP contribution in [-0.2, 0) is 14.1 Å². The molecule has 0 fully saturated rings. The Bertz CT molecular complexity index is 298. The zero-order chi connectivity index (χ0) is 19.9. The van der Waals surface area contributed by atoms with Gasteiger partial charge in [0.25, 0.3) is 0 Å². The van der Waals surface area contributed by atoms with Crippen LogP contribution in [0.1, 0.15) is 117 Å². The molecule has 0 aliphatic rings. The van der Waals surface area contributed by atoms with E-state index in [-0.39, 0.29) is 36.2 Å². The monoisotopic (exact) mass is 418 g/mol. The Labute approximate surface area is 190 Å². The van der Waals surface area contributed by atoms with Crippen LogP contribution >= 0.6 is 7.82 Å².